The summed E-state index contributed by atoms with van der Waals surface area (Å²) >= 11 is 1.07. The summed E-state index contributed by atoms with van der Waals surface area (Å²) < 4.78 is 28.9. The largest absolute Gasteiger partial charge is 0.502 e. The fraction of sp³-hybridized carbons (Fsp3) is 0.417. The molecule has 0 aliphatic carbocycles. The van der Waals surface area contributed by atoms with Crippen molar-refractivity contribution in [3.8, 4) is 16.3 Å². The molecule has 1 fully saturated rings. The number of likely N-dealkylation sites (tertiary alicyclic amines) is 1. The summed E-state index contributed by atoms with van der Waals surface area (Å²) in [5, 5.41) is 21.6. The Bertz CT molecular complexity index is 1400. The van der Waals surface area contributed by atoms with Crippen molar-refractivity contribution in [3.63, 3.8) is 0 Å². The van der Waals surface area contributed by atoms with Gasteiger partial charge in [0, 0.05) is 58.2 Å². The van der Waals surface area contributed by atoms with Crippen LogP contribution in [0.5, 0.6) is 5.75 Å². The number of hydrogen-bond donors (Lipinski definition) is 1. The monoisotopic (exact) mass is 516 g/mol. The van der Waals surface area contributed by atoms with Crippen molar-refractivity contribution in [1.82, 2.24) is 24.7 Å². The predicted octanol–water partition coefficient (Wildman–Crippen LogP) is 2.41. The summed E-state index contributed by atoms with van der Waals surface area (Å²) in [5.74, 6) is -2.41. The predicted molar refractivity (Wildman–Crippen MR) is 131 cm³/mol. The van der Waals surface area contributed by atoms with E-state index in [1.54, 1.807) is 9.58 Å². The van der Waals surface area contributed by atoms with Gasteiger partial charge in [-0.1, -0.05) is 17.4 Å². The fourth-order valence-corrected chi connectivity index (χ4v) is 6.01. The Morgan fingerprint density at radius 1 is 1.14 bits per heavy atom. The number of nitrogens with zero attached hydrogens (tertiary/aromatic N) is 6. The zero-order valence-corrected chi connectivity index (χ0v) is 21.0. The van der Waals surface area contributed by atoms with Gasteiger partial charge in [-0.25, -0.2) is 8.78 Å². The maximum absolute atomic E-state index is 14.1. The van der Waals surface area contributed by atoms with Gasteiger partial charge in [0.2, 0.25) is 5.43 Å². The third-order valence-corrected chi connectivity index (χ3v) is 8.15. The topological polar surface area (TPSA) is 94.8 Å². The number of amides is 1. The molecule has 190 valence electrons. The molecule has 36 heavy (non-hydrogen) atoms. The van der Waals surface area contributed by atoms with Crippen LogP contribution < -0.4 is 10.4 Å². The molecule has 12 heteroatoms. The molecule has 0 atom stereocenters. The minimum atomic E-state index is -0.728. The number of rotatable bonds is 4. The van der Waals surface area contributed by atoms with Gasteiger partial charge in [0.05, 0.1) is 5.56 Å². The van der Waals surface area contributed by atoms with Crippen molar-refractivity contribution in [2.24, 2.45) is 0 Å². The normalized spacial score (nSPS) is 17.6. The van der Waals surface area contributed by atoms with E-state index in [0.29, 0.717) is 24.4 Å². The Kier molecular flexibility index (Phi) is 6.03. The van der Waals surface area contributed by atoms with E-state index in [-0.39, 0.29) is 28.2 Å². The first-order valence-electron chi connectivity index (χ1n) is 11.7. The van der Waals surface area contributed by atoms with Crippen LogP contribution in [0.2, 0.25) is 0 Å². The molecular formula is C24H26F2N6O3S. The van der Waals surface area contributed by atoms with Gasteiger partial charge < -0.3 is 14.9 Å². The second-order valence-electron chi connectivity index (χ2n) is 9.19. The van der Waals surface area contributed by atoms with Gasteiger partial charge in [-0.3, -0.25) is 19.3 Å². The van der Waals surface area contributed by atoms with E-state index in [1.165, 1.54) is 18.3 Å². The second kappa shape index (κ2) is 8.93. The minimum absolute atomic E-state index is 0.0719. The standard InChI is InChI=1S/C24H26F2N6O3S/c1-4-31-23(35)19-21(34)20(33)16(13-32(19)30(3)24(31)7-9-29(2)10-8-24)22-28-27-18(36-22)11-14-5-6-15(25)12-17(14)26/h5-6,12-13,34H,4,7-11H2,1-3H3. The summed E-state index contributed by atoms with van der Waals surface area (Å²) in [6.45, 7) is 3.91. The Balaban J connectivity index is 1.56. The summed E-state index contributed by atoms with van der Waals surface area (Å²) in [6.07, 6.45) is 2.99. The van der Waals surface area contributed by atoms with Gasteiger partial charge in [0.1, 0.15) is 22.3 Å². The minimum Gasteiger partial charge on any atom is -0.502 e. The number of halogens is 2. The SMILES string of the molecule is CCN1C(=O)c2c(O)c(=O)c(-c3nnc(Cc4ccc(F)cc4F)s3)cn2N(C)C12CCN(C)CC2. The third kappa shape index (κ3) is 3.75. The van der Waals surface area contributed by atoms with Crippen molar-refractivity contribution < 1.29 is 18.7 Å². The molecule has 1 spiro atoms. The van der Waals surface area contributed by atoms with Crippen molar-refractivity contribution >= 4 is 17.2 Å². The number of piperidine rings is 1. The number of aromatic nitrogens is 3. The van der Waals surface area contributed by atoms with Crippen LogP contribution in [0.25, 0.3) is 10.6 Å². The molecule has 2 aliphatic rings. The van der Waals surface area contributed by atoms with E-state index in [4.69, 9.17) is 0 Å². The lowest BCUT2D eigenvalue weighted by Crippen LogP contribution is -2.71. The number of benzene rings is 1. The van der Waals surface area contributed by atoms with Crippen LogP contribution in [-0.2, 0) is 6.42 Å². The molecule has 1 amide bonds. The van der Waals surface area contributed by atoms with Gasteiger partial charge in [-0.2, -0.15) is 0 Å². The van der Waals surface area contributed by atoms with Crippen LogP contribution in [0.1, 0.15) is 40.8 Å². The summed E-state index contributed by atoms with van der Waals surface area (Å²) in [4.78, 5) is 30.6. The maximum atomic E-state index is 14.1. The molecule has 1 aromatic carbocycles. The molecule has 9 nitrogen and oxygen atoms in total. The van der Waals surface area contributed by atoms with Gasteiger partial charge in [0.15, 0.2) is 16.5 Å². The van der Waals surface area contributed by atoms with E-state index in [1.807, 2.05) is 26.0 Å². The summed E-state index contributed by atoms with van der Waals surface area (Å²) in [6, 6.07) is 3.31. The highest BCUT2D eigenvalue weighted by Crippen LogP contribution is 2.38. The molecule has 0 radical (unpaired) electrons. The Labute approximate surface area is 210 Å². The molecule has 1 saturated heterocycles. The first kappa shape index (κ1) is 24.3. The van der Waals surface area contributed by atoms with Gasteiger partial charge >= 0.3 is 0 Å². The number of hydrogen-bond acceptors (Lipinski definition) is 8. The zero-order valence-electron chi connectivity index (χ0n) is 20.2. The van der Waals surface area contributed by atoms with Crippen LogP contribution in [0.3, 0.4) is 0 Å². The Morgan fingerprint density at radius 2 is 1.86 bits per heavy atom. The quantitative estimate of drug-likeness (QED) is 0.569. The van der Waals surface area contributed by atoms with E-state index in [0.717, 1.165) is 30.5 Å². The summed E-state index contributed by atoms with van der Waals surface area (Å²) in [7, 11) is 3.88. The van der Waals surface area contributed by atoms with Crippen LogP contribution in [0.4, 0.5) is 8.78 Å². The zero-order chi connectivity index (χ0) is 25.8. The molecule has 5 rings (SSSR count). The van der Waals surface area contributed by atoms with Crippen LogP contribution in [0.15, 0.2) is 29.2 Å². The highest BCUT2D eigenvalue weighted by molar-refractivity contribution is 7.14. The third-order valence-electron chi connectivity index (χ3n) is 7.20. The van der Waals surface area contributed by atoms with E-state index in [9.17, 15) is 23.5 Å². The molecule has 4 heterocycles. The lowest BCUT2D eigenvalue weighted by Gasteiger charge is -2.56. The molecular weight excluding hydrogens is 490 g/mol. The number of carbonyl (C=O) groups excluding carboxylic acids is 1. The Hall–Kier alpha value is -3.38. The van der Waals surface area contributed by atoms with Crippen LogP contribution in [-0.4, -0.2) is 75.1 Å². The number of pyridine rings is 1. The van der Waals surface area contributed by atoms with Crippen molar-refractivity contribution in [2.75, 3.05) is 38.7 Å². The first-order valence-corrected chi connectivity index (χ1v) is 12.5. The molecule has 3 aromatic rings. The number of aromatic hydroxyl groups is 1. The number of carbonyl (C=O) groups is 1. The average molecular weight is 517 g/mol. The highest BCUT2D eigenvalue weighted by Gasteiger charge is 2.50. The van der Waals surface area contributed by atoms with Crippen molar-refractivity contribution in [2.45, 2.75) is 31.8 Å². The van der Waals surface area contributed by atoms with Crippen molar-refractivity contribution in [1.29, 1.82) is 0 Å². The lowest BCUT2D eigenvalue weighted by molar-refractivity contribution is 0.00340. The van der Waals surface area contributed by atoms with E-state index in [2.05, 4.69) is 15.1 Å². The molecule has 2 aliphatic heterocycles. The van der Waals surface area contributed by atoms with Gasteiger partial charge in [-0.05, 0) is 25.6 Å². The average Bonchev–Trinajstić information content (AvgIpc) is 3.31. The van der Waals surface area contributed by atoms with Gasteiger partial charge in [0.25, 0.3) is 5.91 Å². The van der Waals surface area contributed by atoms with Crippen LogP contribution in [0, 0.1) is 11.6 Å². The summed E-state index contributed by atoms with van der Waals surface area (Å²) in [5.41, 5.74) is -1.08. The molecule has 2 aromatic heterocycles. The molecule has 0 saturated carbocycles. The lowest BCUT2D eigenvalue weighted by atomic mass is 9.92. The molecule has 0 unspecified atom stereocenters. The van der Waals surface area contributed by atoms with E-state index >= 15 is 0 Å². The smallest absolute Gasteiger partial charge is 0.278 e. The second-order valence-corrected chi connectivity index (χ2v) is 10.2. The highest BCUT2D eigenvalue weighted by atomic mass is 32.1. The van der Waals surface area contributed by atoms with Crippen molar-refractivity contribution in [3.05, 3.63) is 62.5 Å². The van der Waals surface area contributed by atoms with Crippen LogP contribution >= 0.6 is 11.3 Å². The van der Waals surface area contributed by atoms with E-state index < -0.39 is 34.4 Å². The van der Waals surface area contributed by atoms with Gasteiger partial charge in [-0.15, -0.1) is 10.2 Å². The maximum Gasteiger partial charge on any atom is 0.278 e. The number of fused-ring (bicyclic) bond motifs is 1. The molecule has 0 bridgehead atoms. The molecule has 1 N–H and O–H groups in total. The first-order chi connectivity index (χ1) is 17.2. The Morgan fingerprint density at radius 3 is 2.53 bits per heavy atom. The fourth-order valence-electron chi connectivity index (χ4n) is 5.14.